The van der Waals surface area contributed by atoms with E-state index < -0.39 is 5.56 Å². The number of aromatic nitrogens is 1. The van der Waals surface area contributed by atoms with Crippen molar-refractivity contribution in [3.63, 3.8) is 0 Å². The molecular weight excluding hydrogens is 280 g/mol. The molecule has 0 fully saturated rings. The molecule has 1 aromatic carbocycles. The lowest BCUT2D eigenvalue weighted by molar-refractivity contribution is 0.409. The average molecular weight is 296 g/mol. The van der Waals surface area contributed by atoms with Gasteiger partial charge in [-0.05, 0) is 32.4 Å². The van der Waals surface area contributed by atoms with Crippen molar-refractivity contribution in [1.29, 1.82) is 5.26 Å². The summed E-state index contributed by atoms with van der Waals surface area (Å²) in [6, 6.07) is 9.30. The minimum atomic E-state index is -0.464. The Kier molecular flexibility index (Phi) is 4.37. The third-order valence-corrected chi connectivity index (χ3v) is 3.46. The number of pyridine rings is 1. The van der Waals surface area contributed by atoms with Gasteiger partial charge >= 0.3 is 0 Å². The zero-order valence-electron chi connectivity index (χ0n) is 12.7. The second-order valence-corrected chi connectivity index (χ2v) is 4.82. The molecule has 0 saturated carbocycles. The lowest BCUT2D eigenvalue weighted by Gasteiger charge is -2.10. The molecule has 6 nitrogen and oxygen atoms in total. The predicted molar refractivity (Wildman–Crippen MR) is 82.8 cm³/mol. The summed E-state index contributed by atoms with van der Waals surface area (Å²) in [5.41, 5.74) is 1.55. The summed E-state index contributed by atoms with van der Waals surface area (Å²) in [6.45, 7) is 5.42. The SMILES string of the molecule is CCn1c(O)c(C#N)c(C)c(N=Nc2ccccc2C)c1=O. The van der Waals surface area contributed by atoms with Crippen LogP contribution in [0.2, 0.25) is 0 Å². The monoisotopic (exact) mass is 296 g/mol. The minimum Gasteiger partial charge on any atom is -0.493 e. The van der Waals surface area contributed by atoms with Crippen LogP contribution in [0.4, 0.5) is 11.4 Å². The quantitative estimate of drug-likeness (QED) is 0.879. The molecule has 1 N–H and O–H groups in total. The van der Waals surface area contributed by atoms with E-state index in [9.17, 15) is 9.90 Å². The fourth-order valence-corrected chi connectivity index (χ4v) is 2.13. The second kappa shape index (κ2) is 6.22. The number of aromatic hydroxyl groups is 1. The van der Waals surface area contributed by atoms with Gasteiger partial charge in [0.05, 0.1) is 5.69 Å². The van der Waals surface area contributed by atoms with Gasteiger partial charge in [0.25, 0.3) is 5.56 Å². The summed E-state index contributed by atoms with van der Waals surface area (Å²) in [4.78, 5) is 12.4. The van der Waals surface area contributed by atoms with Crippen molar-refractivity contribution in [3.05, 3.63) is 51.3 Å². The molecule has 112 valence electrons. The molecule has 0 amide bonds. The first-order valence-corrected chi connectivity index (χ1v) is 6.85. The fraction of sp³-hybridized carbons (Fsp3) is 0.250. The molecule has 0 saturated heterocycles. The van der Waals surface area contributed by atoms with Gasteiger partial charge in [0.15, 0.2) is 5.69 Å². The fourth-order valence-electron chi connectivity index (χ4n) is 2.13. The van der Waals surface area contributed by atoms with Gasteiger partial charge < -0.3 is 5.11 Å². The first-order valence-electron chi connectivity index (χ1n) is 6.85. The van der Waals surface area contributed by atoms with E-state index in [2.05, 4.69) is 10.2 Å². The Hall–Kier alpha value is -2.94. The molecule has 0 atom stereocenters. The Morgan fingerprint density at radius 1 is 1.27 bits per heavy atom. The van der Waals surface area contributed by atoms with E-state index in [1.165, 1.54) is 0 Å². The molecule has 0 spiro atoms. The number of hydrogen-bond acceptors (Lipinski definition) is 5. The van der Waals surface area contributed by atoms with E-state index in [-0.39, 0.29) is 23.7 Å². The van der Waals surface area contributed by atoms with Crippen LogP contribution in [0.15, 0.2) is 39.3 Å². The maximum absolute atomic E-state index is 12.4. The van der Waals surface area contributed by atoms with Crippen LogP contribution in [0.1, 0.15) is 23.6 Å². The van der Waals surface area contributed by atoms with Gasteiger partial charge in [-0.25, -0.2) is 0 Å². The number of rotatable bonds is 3. The van der Waals surface area contributed by atoms with Crippen molar-refractivity contribution in [2.75, 3.05) is 0 Å². The van der Waals surface area contributed by atoms with Crippen LogP contribution < -0.4 is 5.56 Å². The first kappa shape index (κ1) is 15.4. The van der Waals surface area contributed by atoms with Gasteiger partial charge in [-0.1, -0.05) is 18.2 Å². The Morgan fingerprint density at radius 3 is 2.55 bits per heavy atom. The highest BCUT2D eigenvalue weighted by Gasteiger charge is 2.18. The van der Waals surface area contributed by atoms with Crippen molar-refractivity contribution < 1.29 is 5.11 Å². The maximum Gasteiger partial charge on any atom is 0.281 e. The van der Waals surface area contributed by atoms with Crippen molar-refractivity contribution >= 4 is 11.4 Å². The molecule has 0 aliphatic heterocycles. The first-order chi connectivity index (χ1) is 10.5. The lowest BCUT2D eigenvalue weighted by Crippen LogP contribution is -2.20. The lowest BCUT2D eigenvalue weighted by atomic mass is 10.1. The molecule has 22 heavy (non-hydrogen) atoms. The Balaban J connectivity index is 2.64. The van der Waals surface area contributed by atoms with Gasteiger partial charge in [0, 0.05) is 12.1 Å². The van der Waals surface area contributed by atoms with Crippen molar-refractivity contribution in [3.8, 4) is 11.9 Å². The summed E-state index contributed by atoms with van der Waals surface area (Å²) in [6.07, 6.45) is 0. The molecule has 0 aliphatic rings. The van der Waals surface area contributed by atoms with Crippen LogP contribution >= 0.6 is 0 Å². The zero-order valence-corrected chi connectivity index (χ0v) is 12.7. The van der Waals surface area contributed by atoms with Crippen LogP contribution in [0.25, 0.3) is 0 Å². The summed E-state index contributed by atoms with van der Waals surface area (Å²) in [7, 11) is 0. The molecule has 0 radical (unpaired) electrons. The average Bonchev–Trinajstić information content (AvgIpc) is 2.49. The van der Waals surface area contributed by atoms with E-state index in [1.54, 1.807) is 19.9 Å². The summed E-state index contributed by atoms with van der Waals surface area (Å²) >= 11 is 0. The molecule has 6 heteroatoms. The Bertz CT molecular complexity index is 844. The van der Waals surface area contributed by atoms with Gasteiger partial charge in [-0.15, -0.1) is 5.11 Å². The molecule has 2 aromatic rings. The number of azo groups is 1. The summed E-state index contributed by atoms with van der Waals surface area (Å²) in [5.74, 6) is -0.331. The molecule has 1 heterocycles. The molecule has 0 bridgehead atoms. The standard InChI is InChI=1S/C16H16N4O2/c1-4-20-15(21)12(9-17)11(3)14(16(20)22)19-18-13-8-6-5-7-10(13)2/h5-8,21H,4H2,1-3H3. The molecular formula is C16H16N4O2. The summed E-state index contributed by atoms with van der Waals surface area (Å²) in [5, 5.41) is 27.3. The van der Waals surface area contributed by atoms with E-state index in [1.807, 2.05) is 31.2 Å². The van der Waals surface area contributed by atoms with Gasteiger partial charge in [0.1, 0.15) is 11.6 Å². The Labute approximate surface area is 128 Å². The van der Waals surface area contributed by atoms with Crippen molar-refractivity contribution in [1.82, 2.24) is 4.57 Å². The highest BCUT2D eigenvalue weighted by atomic mass is 16.3. The highest BCUT2D eigenvalue weighted by molar-refractivity contribution is 5.57. The van der Waals surface area contributed by atoms with E-state index in [4.69, 9.17) is 5.26 Å². The third-order valence-electron chi connectivity index (χ3n) is 3.46. The number of nitriles is 1. The number of aryl methyl sites for hydroxylation is 1. The number of benzene rings is 1. The van der Waals surface area contributed by atoms with Crippen LogP contribution in [-0.4, -0.2) is 9.67 Å². The molecule has 0 unspecified atom stereocenters. The predicted octanol–water partition coefficient (Wildman–Crippen LogP) is 3.48. The molecule has 2 rings (SSSR count). The van der Waals surface area contributed by atoms with E-state index in [0.717, 1.165) is 10.1 Å². The largest absolute Gasteiger partial charge is 0.493 e. The van der Waals surface area contributed by atoms with Crippen LogP contribution in [0, 0.1) is 25.2 Å². The smallest absolute Gasteiger partial charge is 0.281 e. The van der Waals surface area contributed by atoms with Crippen LogP contribution in [0.5, 0.6) is 5.88 Å². The Morgan fingerprint density at radius 2 is 1.95 bits per heavy atom. The molecule has 1 aromatic heterocycles. The topological polar surface area (TPSA) is 90.7 Å². The molecule has 0 aliphatic carbocycles. The number of nitrogens with zero attached hydrogens (tertiary/aromatic N) is 4. The minimum absolute atomic E-state index is 0.0418. The van der Waals surface area contributed by atoms with Crippen LogP contribution in [0.3, 0.4) is 0 Å². The van der Waals surface area contributed by atoms with Gasteiger partial charge in [0.2, 0.25) is 5.88 Å². The van der Waals surface area contributed by atoms with Crippen molar-refractivity contribution in [2.45, 2.75) is 27.3 Å². The van der Waals surface area contributed by atoms with Gasteiger partial charge in [-0.2, -0.15) is 10.4 Å². The maximum atomic E-state index is 12.4. The summed E-state index contributed by atoms with van der Waals surface area (Å²) < 4.78 is 1.11. The normalized spacial score (nSPS) is 10.8. The van der Waals surface area contributed by atoms with E-state index in [0.29, 0.717) is 11.3 Å². The second-order valence-electron chi connectivity index (χ2n) is 4.82. The van der Waals surface area contributed by atoms with Crippen LogP contribution in [-0.2, 0) is 6.54 Å². The number of hydrogen-bond donors (Lipinski definition) is 1. The highest BCUT2D eigenvalue weighted by Crippen LogP contribution is 2.27. The van der Waals surface area contributed by atoms with Crippen molar-refractivity contribution in [2.24, 2.45) is 10.2 Å². The van der Waals surface area contributed by atoms with E-state index >= 15 is 0 Å². The van der Waals surface area contributed by atoms with Gasteiger partial charge in [-0.3, -0.25) is 9.36 Å². The third kappa shape index (κ3) is 2.61. The zero-order chi connectivity index (χ0) is 16.3.